The molecule has 1 atom stereocenters. The van der Waals surface area contributed by atoms with Crippen LogP contribution in [-0.2, 0) is 0 Å². The van der Waals surface area contributed by atoms with Gasteiger partial charge in [-0.15, -0.1) is 0 Å². The molecule has 0 radical (unpaired) electrons. The summed E-state index contributed by atoms with van der Waals surface area (Å²) in [5, 5.41) is 4.26. The fraction of sp³-hybridized carbons (Fsp3) is 0.118. The average molecular weight is 263 g/mol. The third-order valence-electron chi connectivity index (χ3n) is 3.57. The van der Waals surface area contributed by atoms with Crippen LogP contribution in [0.5, 0.6) is 0 Å². The Morgan fingerprint density at radius 3 is 2.15 bits per heavy atom. The molecule has 0 saturated heterocycles. The maximum Gasteiger partial charge on any atom is 0.122 e. The first-order chi connectivity index (χ1) is 9.75. The van der Waals surface area contributed by atoms with Crippen LogP contribution in [-0.4, -0.2) is 9.78 Å². The van der Waals surface area contributed by atoms with Gasteiger partial charge < -0.3 is 5.73 Å². The summed E-state index contributed by atoms with van der Waals surface area (Å²) in [5.74, 6) is 0.685. The van der Waals surface area contributed by atoms with Crippen LogP contribution in [0.2, 0.25) is 0 Å². The lowest BCUT2D eigenvalue weighted by Gasteiger charge is -2.15. The summed E-state index contributed by atoms with van der Waals surface area (Å²) in [7, 11) is 0. The van der Waals surface area contributed by atoms with E-state index in [0.717, 1.165) is 0 Å². The first-order valence-corrected chi connectivity index (χ1v) is 6.70. The molecule has 2 N–H and O–H groups in total. The molecule has 100 valence electrons. The van der Waals surface area contributed by atoms with Crippen molar-refractivity contribution in [3.63, 3.8) is 0 Å². The van der Waals surface area contributed by atoms with Gasteiger partial charge in [0.05, 0.1) is 12.2 Å². The molecule has 0 aliphatic heterocycles. The lowest BCUT2D eigenvalue weighted by Crippen LogP contribution is -2.11. The number of anilines is 1. The molecule has 2 aromatic carbocycles. The topological polar surface area (TPSA) is 43.8 Å². The van der Waals surface area contributed by atoms with E-state index in [1.54, 1.807) is 6.20 Å². The third-order valence-corrected chi connectivity index (χ3v) is 3.57. The third kappa shape index (κ3) is 2.30. The van der Waals surface area contributed by atoms with Crippen molar-refractivity contribution in [3.05, 3.63) is 72.4 Å². The first kappa shape index (κ1) is 12.5. The number of hydrogen-bond acceptors (Lipinski definition) is 2. The molecule has 0 spiro atoms. The van der Waals surface area contributed by atoms with Gasteiger partial charge in [0.2, 0.25) is 0 Å². The highest BCUT2D eigenvalue weighted by atomic mass is 15.3. The molecular weight excluding hydrogens is 246 g/mol. The van der Waals surface area contributed by atoms with Crippen LogP contribution >= 0.6 is 0 Å². The van der Waals surface area contributed by atoms with Crippen molar-refractivity contribution in [1.29, 1.82) is 0 Å². The Bertz CT molecular complexity index is 684. The number of benzene rings is 2. The van der Waals surface area contributed by atoms with E-state index in [4.69, 9.17) is 5.73 Å². The summed E-state index contributed by atoms with van der Waals surface area (Å²) in [6.07, 6.45) is 1.73. The van der Waals surface area contributed by atoms with Crippen molar-refractivity contribution in [2.45, 2.75) is 13.0 Å². The number of nitrogens with zero attached hydrogens (tertiary/aromatic N) is 2. The summed E-state index contributed by atoms with van der Waals surface area (Å²) in [6.45, 7) is 2.10. The van der Waals surface area contributed by atoms with Crippen LogP contribution in [0.4, 0.5) is 5.82 Å². The maximum atomic E-state index is 5.90. The fourth-order valence-corrected chi connectivity index (χ4v) is 2.37. The van der Waals surface area contributed by atoms with Crippen LogP contribution in [0, 0.1) is 0 Å². The quantitative estimate of drug-likeness (QED) is 0.782. The van der Waals surface area contributed by atoms with Crippen LogP contribution < -0.4 is 5.73 Å². The predicted octanol–water partition coefficient (Wildman–Crippen LogP) is 3.74. The second kappa shape index (κ2) is 5.21. The molecule has 0 aliphatic carbocycles. The molecule has 1 unspecified atom stereocenters. The van der Waals surface area contributed by atoms with E-state index >= 15 is 0 Å². The number of nitrogen functional groups attached to an aromatic ring is 1. The monoisotopic (exact) mass is 263 g/mol. The van der Waals surface area contributed by atoms with E-state index in [-0.39, 0.29) is 6.04 Å². The van der Waals surface area contributed by atoms with Crippen LogP contribution in [0.25, 0.3) is 11.1 Å². The Labute approximate surface area is 118 Å². The first-order valence-electron chi connectivity index (χ1n) is 6.70. The van der Waals surface area contributed by atoms with E-state index in [1.807, 2.05) is 16.8 Å². The molecule has 3 nitrogen and oxygen atoms in total. The summed E-state index contributed by atoms with van der Waals surface area (Å²) < 4.78 is 1.83. The van der Waals surface area contributed by atoms with Gasteiger partial charge in [0.15, 0.2) is 0 Å². The second-order valence-corrected chi connectivity index (χ2v) is 4.86. The van der Waals surface area contributed by atoms with E-state index in [0.29, 0.717) is 5.82 Å². The van der Waals surface area contributed by atoms with Crippen molar-refractivity contribution in [2.24, 2.45) is 0 Å². The van der Waals surface area contributed by atoms with Crippen LogP contribution in [0.3, 0.4) is 0 Å². The van der Waals surface area contributed by atoms with E-state index in [9.17, 15) is 0 Å². The van der Waals surface area contributed by atoms with Crippen molar-refractivity contribution < 1.29 is 0 Å². The summed E-state index contributed by atoms with van der Waals surface area (Å²) in [6, 6.07) is 20.9. The Balaban J connectivity index is 1.89. The lowest BCUT2D eigenvalue weighted by molar-refractivity contribution is 0.573. The Morgan fingerprint density at radius 1 is 0.900 bits per heavy atom. The molecule has 0 aliphatic rings. The normalized spacial score (nSPS) is 12.2. The molecular formula is C17H17N3. The van der Waals surface area contributed by atoms with Gasteiger partial charge in [0, 0.05) is 0 Å². The molecule has 1 aromatic heterocycles. The second-order valence-electron chi connectivity index (χ2n) is 4.86. The van der Waals surface area contributed by atoms with Gasteiger partial charge in [-0.3, -0.25) is 0 Å². The number of hydrogen-bond donors (Lipinski definition) is 1. The average Bonchev–Trinajstić information content (AvgIpc) is 2.94. The number of aromatic nitrogens is 2. The molecule has 0 bridgehead atoms. The van der Waals surface area contributed by atoms with Crippen molar-refractivity contribution in [1.82, 2.24) is 9.78 Å². The van der Waals surface area contributed by atoms with Crippen molar-refractivity contribution in [2.75, 3.05) is 5.73 Å². The van der Waals surface area contributed by atoms with Crippen molar-refractivity contribution >= 4 is 5.82 Å². The summed E-state index contributed by atoms with van der Waals surface area (Å²) >= 11 is 0. The Kier molecular flexibility index (Phi) is 3.25. The molecule has 0 saturated carbocycles. The van der Waals surface area contributed by atoms with Gasteiger partial charge in [-0.05, 0) is 29.7 Å². The molecule has 3 heteroatoms. The minimum absolute atomic E-state index is 0.134. The van der Waals surface area contributed by atoms with Gasteiger partial charge in [0.25, 0.3) is 0 Å². The largest absolute Gasteiger partial charge is 0.384 e. The summed E-state index contributed by atoms with van der Waals surface area (Å²) in [5.41, 5.74) is 9.54. The minimum atomic E-state index is 0.134. The highest BCUT2D eigenvalue weighted by Gasteiger charge is 2.10. The van der Waals surface area contributed by atoms with Gasteiger partial charge in [-0.2, -0.15) is 5.10 Å². The van der Waals surface area contributed by atoms with E-state index in [2.05, 4.69) is 60.6 Å². The smallest absolute Gasteiger partial charge is 0.122 e. The van der Waals surface area contributed by atoms with Crippen LogP contribution in [0.1, 0.15) is 18.5 Å². The zero-order valence-corrected chi connectivity index (χ0v) is 11.4. The standard InChI is InChI=1S/C17H17N3/c1-13(20-17(18)11-12-19-20)14-7-9-16(10-8-14)15-5-3-2-4-6-15/h2-13H,18H2,1H3. The van der Waals surface area contributed by atoms with Crippen molar-refractivity contribution in [3.8, 4) is 11.1 Å². The van der Waals surface area contributed by atoms with E-state index < -0.39 is 0 Å². The van der Waals surface area contributed by atoms with E-state index in [1.165, 1.54) is 16.7 Å². The predicted molar refractivity (Wildman–Crippen MR) is 82.3 cm³/mol. The Hall–Kier alpha value is -2.55. The number of rotatable bonds is 3. The zero-order chi connectivity index (χ0) is 13.9. The summed E-state index contributed by atoms with van der Waals surface area (Å²) in [4.78, 5) is 0. The molecule has 3 aromatic rings. The maximum absolute atomic E-state index is 5.90. The SMILES string of the molecule is CC(c1ccc(-c2ccccc2)cc1)n1nccc1N. The molecule has 0 amide bonds. The Morgan fingerprint density at radius 2 is 1.55 bits per heavy atom. The zero-order valence-electron chi connectivity index (χ0n) is 11.4. The molecule has 1 heterocycles. The van der Waals surface area contributed by atoms with Crippen LogP contribution in [0.15, 0.2) is 66.9 Å². The highest BCUT2D eigenvalue weighted by Crippen LogP contribution is 2.24. The molecule has 20 heavy (non-hydrogen) atoms. The molecule has 3 rings (SSSR count). The van der Waals surface area contributed by atoms with Gasteiger partial charge >= 0.3 is 0 Å². The van der Waals surface area contributed by atoms with Gasteiger partial charge in [-0.25, -0.2) is 4.68 Å². The fourth-order valence-electron chi connectivity index (χ4n) is 2.37. The van der Waals surface area contributed by atoms with Gasteiger partial charge in [-0.1, -0.05) is 54.6 Å². The number of nitrogens with two attached hydrogens (primary N) is 1. The molecule has 0 fully saturated rings. The lowest BCUT2D eigenvalue weighted by atomic mass is 10.0. The van der Waals surface area contributed by atoms with Gasteiger partial charge in [0.1, 0.15) is 5.82 Å². The highest BCUT2D eigenvalue weighted by molar-refractivity contribution is 5.63. The minimum Gasteiger partial charge on any atom is -0.384 e.